The molecule has 0 radical (unpaired) electrons. The minimum absolute atomic E-state index is 0.0350. The van der Waals surface area contributed by atoms with Crippen molar-refractivity contribution in [1.82, 2.24) is 9.97 Å². The number of halogens is 3. The predicted molar refractivity (Wildman–Crippen MR) is 126 cm³/mol. The van der Waals surface area contributed by atoms with Crippen molar-refractivity contribution in [1.29, 1.82) is 0 Å². The number of carboxylic acid groups (broad SMARTS) is 1. The lowest BCUT2D eigenvalue weighted by atomic mass is 10.1. The second kappa shape index (κ2) is 10.2. The molecule has 0 aliphatic heterocycles. The zero-order valence-electron chi connectivity index (χ0n) is 18.7. The van der Waals surface area contributed by atoms with Gasteiger partial charge >= 0.3 is 12.1 Å². The van der Waals surface area contributed by atoms with Crippen molar-refractivity contribution < 1.29 is 27.8 Å². The highest BCUT2D eigenvalue weighted by molar-refractivity contribution is 5.89. The Balaban J connectivity index is 1.62. The van der Waals surface area contributed by atoms with Crippen LogP contribution in [0.5, 0.6) is 5.75 Å². The summed E-state index contributed by atoms with van der Waals surface area (Å²) < 4.78 is 43.6. The van der Waals surface area contributed by atoms with E-state index in [1.54, 1.807) is 30.3 Å². The van der Waals surface area contributed by atoms with E-state index >= 15 is 0 Å². The Morgan fingerprint density at radius 3 is 2.39 bits per heavy atom. The fourth-order valence-electron chi connectivity index (χ4n) is 3.23. The molecule has 0 amide bonds. The molecule has 11 heteroatoms. The number of ether oxygens (including phenoxy) is 1. The number of nitrogens with zero attached hydrogens (tertiary/aromatic N) is 4. The monoisotopic (exact) mass is 493 g/mol. The molecule has 0 atom stereocenters. The van der Waals surface area contributed by atoms with Crippen LogP contribution in [0.2, 0.25) is 0 Å². The van der Waals surface area contributed by atoms with E-state index in [0.717, 1.165) is 12.1 Å². The number of rotatable bonds is 7. The second-order valence-corrected chi connectivity index (χ2v) is 7.37. The summed E-state index contributed by atoms with van der Waals surface area (Å²) in [6.45, 7) is 0. The van der Waals surface area contributed by atoms with Crippen molar-refractivity contribution in [2.24, 2.45) is 10.2 Å². The van der Waals surface area contributed by atoms with Crippen LogP contribution in [0.15, 0.2) is 89.2 Å². The van der Waals surface area contributed by atoms with Gasteiger partial charge in [0.25, 0.3) is 0 Å². The molecule has 0 spiro atoms. The lowest BCUT2D eigenvalue weighted by Gasteiger charge is -2.10. The van der Waals surface area contributed by atoms with Gasteiger partial charge in [0.05, 0.1) is 29.6 Å². The first kappa shape index (κ1) is 24.3. The number of aromatic carboxylic acids is 1. The highest BCUT2D eigenvalue weighted by Gasteiger charge is 2.29. The number of methoxy groups -OCH3 is 1. The van der Waals surface area contributed by atoms with Crippen LogP contribution in [0.1, 0.15) is 15.9 Å². The summed E-state index contributed by atoms with van der Waals surface area (Å²) in [5.74, 6) is -0.579. The highest BCUT2D eigenvalue weighted by atomic mass is 19.4. The van der Waals surface area contributed by atoms with Gasteiger partial charge in [-0.15, -0.1) is 10.2 Å². The van der Waals surface area contributed by atoms with Crippen LogP contribution in [-0.2, 0) is 6.18 Å². The first-order valence-electron chi connectivity index (χ1n) is 10.4. The molecule has 182 valence electrons. The van der Waals surface area contributed by atoms with Crippen LogP contribution < -0.4 is 10.1 Å². The number of nitrogens with one attached hydrogen (secondary N) is 1. The van der Waals surface area contributed by atoms with Gasteiger partial charge in [-0.3, -0.25) is 0 Å². The number of carboxylic acids is 1. The van der Waals surface area contributed by atoms with Crippen LogP contribution in [0.25, 0.3) is 11.3 Å². The number of aromatic nitrogens is 2. The number of hydrogen-bond donors (Lipinski definition) is 2. The molecular formula is C25H18F3N5O3. The Kier molecular flexibility index (Phi) is 6.91. The van der Waals surface area contributed by atoms with E-state index in [-0.39, 0.29) is 17.2 Å². The molecule has 36 heavy (non-hydrogen) atoms. The summed E-state index contributed by atoms with van der Waals surface area (Å²) in [7, 11) is 1.44. The average molecular weight is 493 g/mol. The molecule has 2 N–H and O–H groups in total. The van der Waals surface area contributed by atoms with Gasteiger partial charge in [-0.25, -0.2) is 14.8 Å². The van der Waals surface area contributed by atoms with E-state index in [1.807, 2.05) is 0 Å². The SMILES string of the molecule is COc1ccc(C(=O)O)cc1N=Nc1ccccc1-c1ccnc(Nc2ccc(C(F)(F)F)cc2)n1. The molecule has 3 aromatic carbocycles. The van der Waals surface area contributed by atoms with Crippen molar-refractivity contribution in [3.8, 4) is 17.0 Å². The van der Waals surface area contributed by atoms with E-state index in [0.29, 0.717) is 28.4 Å². The molecule has 0 aliphatic carbocycles. The van der Waals surface area contributed by atoms with Gasteiger partial charge in [0.1, 0.15) is 11.4 Å². The fraction of sp³-hybridized carbons (Fsp3) is 0.0800. The summed E-state index contributed by atoms with van der Waals surface area (Å²) in [5.41, 5.74) is 1.44. The van der Waals surface area contributed by atoms with Gasteiger partial charge in [-0.2, -0.15) is 13.2 Å². The Morgan fingerprint density at radius 2 is 1.69 bits per heavy atom. The van der Waals surface area contributed by atoms with E-state index < -0.39 is 17.7 Å². The number of alkyl halides is 3. The second-order valence-electron chi connectivity index (χ2n) is 7.37. The minimum atomic E-state index is -4.42. The molecule has 0 saturated heterocycles. The van der Waals surface area contributed by atoms with Gasteiger partial charge in [0.2, 0.25) is 5.95 Å². The molecule has 0 fully saturated rings. The Bertz CT molecular complexity index is 1420. The molecule has 1 heterocycles. The van der Waals surface area contributed by atoms with Gasteiger partial charge in [0, 0.05) is 17.4 Å². The standard InChI is InChI=1S/C25H18F3N5O3/c1-36-22-11-6-15(23(34)35)14-21(22)33-32-20-5-3-2-4-18(20)19-12-13-29-24(31-19)30-17-9-7-16(8-10-17)25(26,27)28/h2-14H,1H3,(H,34,35)(H,29,30,31). The molecule has 1 aromatic heterocycles. The zero-order valence-corrected chi connectivity index (χ0v) is 18.7. The summed E-state index contributed by atoms with van der Waals surface area (Å²) >= 11 is 0. The van der Waals surface area contributed by atoms with E-state index in [2.05, 4.69) is 25.5 Å². The molecule has 0 saturated carbocycles. The quantitative estimate of drug-likeness (QED) is 0.268. The number of benzene rings is 3. The molecular weight excluding hydrogens is 475 g/mol. The van der Waals surface area contributed by atoms with Crippen molar-refractivity contribution in [3.63, 3.8) is 0 Å². The number of carbonyl (C=O) groups is 1. The maximum Gasteiger partial charge on any atom is 0.416 e. The maximum absolute atomic E-state index is 12.8. The van der Waals surface area contributed by atoms with Crippen molar-refractivity contribution in [2.45, 2.75) is 6.18 Å². The van der Waals surface area contributed by atoms with Crippen LogP contribution in [-0.4, -0.2) is 28.2 Å². The van der Waals surface area contributed by atoms with Crippen LogP contribution in [0.3, 0.4) is 0 Å². The van der Waals surface area contributed by atoms with E-state index in [4.69, 9.17) is 4.74 Å². The van der Waals surface area contributed by atoms with Crippen LogP contribution in [0, 0.1) is 0 Å². The normalized spacial score (nSPS) is 11.4. The van der Waals surface area contributed by atoms with Gasteiger partial charge < -0.3 is 15.2 Å². The molecule has 4 aromatic rings. The number of hydrogen-bond acceptors (Lipinski definition) is 7. The first-order chi connectivity index (χ1) is 17.2. The Morgan fingerprint density at radius 1 is 0.972 bits per heavy atom. The lowest BCUT2D eigenvalue weighted by Crippen LogP contribution is -2.04. The summed E-state index contributed by atoms with van der Waals surface area (Å²) in [6.07, 6.45) is -2.92. The van der Waals surface area contributed by atoms with Gasteiger partial charge in [0.15, 0.2) is 0 Å². The molecule has 8 nitrogen and oxygen atoms in total. The topological polar surface area (TPSA) is 109 Å². The Labute approximate surface area is 203 Å². The summed E-state index contributed by atoms with van der Waals surface area (Å²) in [4.78, 5) is 19.9. The Hall–Kier alpha value is -4.80. The number of azo groups is 1. The highest BCUT2D eigenvalue weighted by Crippen LogP contribution is 2.34. The third-order valence-corrected chi connectivity index (χ3v) is 5.00. The summed E-state index contributed by atoms with van der Waals surface area (Å²) in [6, 6.07) is 17.4. The van der Waals surface area contributed by atoms with Gasteiger partial charge in [-0.05, 0) is 54.6 Å². The smallest absolute Gasteiger partial charge is 0.416 e. The van der Waals surface area contributed by atoms with Crippen molar-refractivity contribution in [3.05, 3.63) is 90.1 Å². The zero-order chi connectivity index (χ0) is 25.7. The third-order valence-electron chi connectivity index (χ3n) is 5.00. The first-order valence-corrected chi connectivity index (χ1v) is 10.4. The van der Waals surface area contributed by atoms with Gasteiger partial charge in [-0.1, -0.05) is 18.2 Å². The van der Waals surface area contributed by atoms with E-state index in [9.17, 15) is 23.1 Å². The molecule has 0 aliphatic rings. The largest absolute Gasteiger partial charge is 0.494 e. The molecule has 4 rings (SSSR count). The minimum Gasteiger partial charge on any atom is -0.494 e. The van der Waals surface area contributed by atoms with Crippen molar-refractivity contribution >= 4 is 29.0 Å². The lowest BCUT2D eigenvalue weighted by molar-refractivity contribution is -0.137. The predicted octanol–water partition coefficient (Wildman–Crippen LogP) is 7.03. The average Bonchev–Trinajstić information content (AvgIpc) is 2.87. The third kappa shape index (κ3) is 5.63. The van der Waals surface area contributed by atoms with E-state index in [1.165, 1.54) is 43.6 Å². The fourth-order valence-corrected chi connectivity index (χ4v) is 3.23. The van der Waals surface area contributed by atoms with Crippen molar-refractivity contribution in [2.75, 3.05) is 12.4 Å². The summed E-state index contributed by atoms with van der Waals surface area (Å²) in [5, 5.41) is 20.6. The maximum atomic E-state index is 12.8. The molecule has 0 bridgehead atoms. The van der Waals surface area contributed by atoms with Crippen LogP contribution >= 0.6 is 0 Å². The molecule has 0 unspecified atom stereocenters. The van der Waals surface area contributed by atoms with Crippen LogP contribution in [0.4, 0.5) is 36.2 Å². The number of anilines is 2.